The van der Waals surface area contributed by atoms with Gasteiger partial charge in [0.2, 0.25) is 5.91 Å². The van der Waals surface area contributed by atoms with Gasteiger partial charge >= 0.3 is 12.1 Å². The summed E-state index contributed by atoms with van der Waals surface area (Å²) in [4.78, 5) is 36.3. The normalized spacial score (nSPS) is 15.3. The Bertz CT molecular complexity index is 958. The number of benzene rings is 2. The summed E-state index contributed by atoms with van der Waals surface area (Å²) in [5.41, 5.74) is 4.35. The molecule has 0 radical (unpaired) electrons. The topological polar surface area (TPSA) is 125 Å². The zero-order valence-corrected chi connectivity index (χ0v) is 18.2. The number of aliphatic carboxylic acids is 1. The van der Waals surface area contributed by atoms with E-state index in [9.17, 15) is 24.6 Å². The smallest absolute Gasteiger partial charge is 0.407 e. The molecule has 0 heterocycles. The molecule has 2 aromatic rings. The highest BCUT2D eigenvalue weighted by molar-refractivity contribution is 5.89. The lowest BCUT2D eigenvalue weighted by Crippen LogP contribution is -2.56. The van der Waals surface area contributed by atoms with E-state index >= 15 is 0 Å². The third kappa shape index (κ3) is 4.91. The van der Waals surface area contributed by atoms with Gasteiger partial charge in [-0.25, -0.2) is 9.59 Å². The fourth-order valence-corrected chi connectivity index (χ4v) is 3.93. The van der Waals surface area contributed by atoms with Gasteiger partial charge in [0.1, 0.15) is 12.6 Å². The van der Waals surface area contributed by atoms with Crippen LogP contribution in [0.15, 0.2) is 48.5 Å². The van der Waals surface area contributed by atoms with Crippen LogP contribution in [0.2, 0.25) is 0 Å². The first kappa shape index (κ1) is 23.3. The van der Waals surface area contributed by atoms with Crippen LogP contribution in [-0.4, -0.2) is 53.0 Å². The molecule has 1 aliphatic carbocycles. The summed E-state index contributed by atoms with van der Waals surface area (Å²) in [6.45, 7) is 4.79. The van der Waals surface area contributed by atoms with Crippen LogP contribution in [0.1, 0.15) is 37.8 Å². The molecule has 32 heavy (non-hydrogen) atoms. The van der Waals surface area contributed by atoms with Crippen molar-refractivity contribution in [1.29, 1.82) is 0 Å². The highest BCUT2D eigenvalue weighted by atomic mass is 16.5. The Morgan fingerprint density at radius 1 is 0.906 bits per heavy atom. The zero-order chi connectivity index (χ0) is 23.4. The van der Waals surface area contributed by atoms with Crippen molar-refractivity contribution in [3.8, 4) is 11.1 Å². The molecule has 0 saturated heterocycles. The summed E-state index contributed by atoms with van der Waals surface area (Å²) >= 11 is 0. The van der Waals surface area contributed by atoms with Crippen LogP contribution < -0.4 is 10.6 Å². The number of fused-ring (bicyclic) bond motifs is 3. The average Bonchev–Trinajstić information content (AvgIpc) is 3.07. The Balaban J connectivity index is 1.67. The number of aliphatic hydroxyl groups is 1. The van der Waals surface area contributed by atoms with E-state index in [0.29, 0.717) is 0 Å². The van der Waals surface area contributed by atoms with Gasteiger partial charge in [-0.1, -0.05) is 62.4 Å². The van der Waals surface area contributed by atoms with Gasteiger partial charge < -0.3 is 25.6 Å². The van der Waals surface area contributed by atoms with Crippen LogP contribution in [0.25, 0.3) is 11.1 Å². The SMILES string of the molecule is CC(C)[C@H](NC(=O)OCC1c2ccccc2-c2ccccc21)C(=O)N[C@H](C(=O)O)[C@@H](C)O. The molecule has 4 N–H and O–H groups in total. The second-order valence-electron chi connectivity index (χ2n) is 8.26. The first-order chi connectivity index (χ1) is 15.2. The molecule has 0 aliphatic heterocycles. The molecule has 3 atom stereocenters. The number of carbonyl (C=O) groups is 3. The van der Waals surface area contributed by atoms with Gasteiger partial charge in [-0.2, -0.15) is 0 Å². The summed E-state index contributed by atoms with van der Waals surface area (Å²) in [7, 11) is 0. The standard InChI is InChI=1S/C24H28N2O6/c1-13(2)20(22(28)25-21(14(3)27)23(29)30)26-24(31)32-12-19-17-10-6-4-8-15(17)16-9-5-7-11-18(16)19/h4-11,13-14,19-21,27H,12H2,1-3H3,(H,25,28)(H,26,31)(H,29,30)/t14-,20+,21+/m1/s1. The maximum Gasteiger partial charge on any atom is 0.407 e. The number of nitrogens with one attached hydrogen (secondary N) is 2. The van der Waals surface area contributed by atoms with Crippen LogP contribution in [0.4, 0.5) is 4.79 Å². The molecule has 0 bridgehead atoms. The number of alkyl carbamates (subject to hydrolysis) is 1. The van der Waals surface area contributed by atoms with Crippen molar-refractivity contribution in [2.75, 3.05) is 6.61 Å². The van der Waals surface area contributed by atoms with Gasteiger partial charge in [-0.15, -0.1) is 0 Å². The van der Waals surface area contributed by atoms with E-state index < -0.39 is 36.2 Å². The number of rotatable bonds is 8. The molecule has 8 heteroatoms. The molecule has 1 aliphatic rings. The van der Waals surface area contributed by atoms with Crippen molar-refractivity contribution >= 4 is 18.0 Å². The van der Waals surface area contributed by atoms with Crippen molar-refractivity contribution in [3.05, 3.63) is 59.7 Å². The van der Waals surface area contributed by atoms with Crippen molar-refractivity contribution in [2.24, 2.45) is 5.92 Å². The van der Waals surface area contributed by atoms with Crippen molar-refractivity contribution in [2.45, 2.75) is 44.9 Å². The average molecular weight is 440 g/mol. The number of ether oxygens (including phenoxy) is 1. The monoisotopic (exact) mass is 440 g/mol. The van der Waals surface area contributed by atoms with Gasteiger partial charge in [0.05, 0.1) is 6.10 Å². The Labute approximate surface area is 186 Å². The van der Waals surface area contributed by atoms with Crippen molar-refractivity contribution < 1.29 is 29.3 Å². The van der Waals surface area contributed by atoms with E-state index in [4.69, 9.17) is 4.74 Å². The van der Waals surface area contributed by atoms with Gasteiger partial charge in [-0.3, -0.25) is 4.79 Å². The van der Waals surface area contributed by atoms with Gasteiger partial charge in [0.25, 0.3) is 0 Å². The molecule has 8 nitrogen and oxygen atoms in total. The molecule has 2 amide bonds. The maximum absolute atomic E-state index is 12.6. The van der Waals surface area contributed by atoms with E-state index in [-0.39, 0.29) is 18.4 Å². The van der Waals surface area contributed by atoms with E-state index in [1.54, 1.807) is 13.8 Å². The second kappa shape index (κ2) is 9.82. The molecule has 0 aromatic heterocycles. The second-order valence-corrected chi connectivity index (χ2v) is 8.26. The largest absolute Gasteiger partial charge is 0.480 e. The molecule has 170 valence electrons. The minimum atomic E-state index is -1.48. The summed E-state index contributed by atoms with van der Waals surface area (Å²) in [6.07, 6.45) is -2.07. The lowest BCUT2D eigenvalue weighted by molar-refractivity contribution is -0.145. The summed E-state index contributed by atoms with van der Waals surface area (Å²) < 4.78 is 5.47. The van der Waals surface area contributed by atoms with Gasteiger partial charge in [0.15, 0.2) is 6.04 Å². The number of carbonyl (C=O) groups excluding carboxylic acids is 2. The fraction of sp³-hybridized carbons (Fsp3) is 0.375. The van der Waals surface area contributed by atoms with E-state index in [2.05, 4.69) is 10.6 Å². The number of carboxylic acids is 1. The predicted molar refractivity (Wildman–Crippen MR) is 118 cm³/mol. The Morgan fingerprint density at radius 2 is 1.44 bits per heavy atom. The molecule has 2 aromatic carbocycles. The molecular formula is C24H28N2O6. The number of hydrogen-bond acceptors (Lipinski definition) is 5. The Morgan fingerprint density at radius 3 is 1.91 bits per heavy atom. The Hall–Kier alpha value is -3.39. The number of amides is 2. The molecular weight excluding hydrogens is 412 g/mol. The highest BCUT2D eigenvalue weighted by Crippen LogP contribution is 2.44. The van der Waals surface area contributed by atoms with Gasteiger partial charge in [0, 0.05) is 5.92 Å². The summed E-state index contributed by atoms with van der Waals surface area (Å²) in [5, 5.41) is 23.6. The third-order valence-corrected chi connectivity index (χ3v) is 5.61. The lowest BCUT2D eigenvalue weighted by atomic mass is 9.98. The minimum absolute atomic E-state index is 0.0950. The third-order valence-electron chi connectivity index (χ3n) is 5.61. The maximum atomic E-state index is 12.6. The van der Waals surface area contributed by atoms with Crippen LogP contribution in [0.5, 0.6) is 0 Å². The summed E-state index contributed by atoms with van der Waals surface area (Å²) in [6, 6.07) is 13.4. The summed E-state index contributed by atoms with van der Waals surface area (Å²) in [5.74, 6) is -2.52. The van der Waals surface area contributed by atoms with E-state index in [0.717, 1.165) is 22.3 Å². The fourth-order valence-electron chi connectivity index (χ4n) is 3.93. The highest BCUT2D eigenvalue weighted by Gasteiger charge is 2.32. The molecule has 0 unspecified atom stereocenters. The quantitative estimate of drug-likeness (QED) is 0.500. The Kier molecular flexibility index (Phi) is 7.15. The minimum Gasteiger partial charge on any atom is -0.480 e. The van der Waals surface area contributed by atoms with Crippen molar-refractivity contribution in [3.63, 3.8) is 0 Å². The van der Waals surface area contributed by atoms with Crippen LogP contribution in [-0.2, 0) is 14.3 Å². The van der Waals surface area contributed by atoms with E-state index in [1.807, 2.05) is 48.5 Å². The number of aliphatic hydroxyl groups excluding tert-OH is 1. The van der Waals surface area contributed by atoms with Crippen LogP contribution in [0, 0.1) is 5.92 Å². The lowest BCUT2D eigenvalue weighted by Gasteiger charge is -2.25. The molecule has 0 saturated carbocycles. The molecule has 0 fully saturated rings. The molecule has 3 rings (SSSR count). The molecule has 0 spiro atoms. The first-order valence-corrected chi connectivity index (χ1v) is 10.5. The predicted octanol–water partition coefficient (Wildman–Crippen LogP) is 2.50. The number of carboxylic acid groups (broad SMARTS) is 1. The van der Waals surface area contributed by atoms with Crippen LogP contribution in [0.3, 0.4) is 0 Å². The zero-order valence-electron chi connectivity index (χ0n) is 18.2. The first-order valence-electron chi connectivity index (χ1n) is 10.5. The van der Waals surface area contributed by atoms with E-state index in [1.165, 1.54) is 6.92 Å². The van der Waals surface area contributed by atoms with Crippen molar-refractivity contribution in [1.82, 2.24) is 10.6 Å². The number of hydrogen-bond donors (Lipinski definition) is 4. The van der Waals surface area contributed by atoms with Gasteiger partial charge in [-0.05, 0) is 35.1 Å². The van der Waals surface area contributed by atoms with Crippen LogP contribution >= 0.6 is 0 Å².